The van der Waals surface area contributed by atoms with E-state index in [0.717, 1.165) is 11.5 Å². The molecule has 1 heterocycles. The molecular formula is C10H19N3O2S2. The lowest BCUT2D eigenvalue weighted by Crippen LogP contribution is -2.47. The number of nitrogens with one attached hydrogen (secondary N) is 1. The van der Waals surface area contributed by atoms with Gasteiger partial charge in [0.05, 0.1) is 0 Å². The van der Waals surface area contributed by atoms with E-state index in [0.29, 0.717) is 11.8 Å². The maximum absolute atomic E-state index is 11.9. The highest BCUT2D eigenvalue weighted by molar-refractivity contribution is 8.06. The molecule has 0 aromatic heterocycles. The van der Waals surface area contributed by atoms with E-state index in [4.69, 9.17) is 10.9 Å². The van der Waals surface area contributed by atoms with Crippen molar-refractivity contribution < 1.29 is 10.0 Å². The number of hydrogen-bond acceptors (Lipinski definition) is 5. The number of carbonyl (C=O) groups excluding carboxylic acids is 1. The van der Waals surface area contributed by atoms with Crippen LogP contribution in [0.5, 0.6) is 0 Å². The molecule has 0 saturated carbocycles. The lowest BCUT2D eigenvalue weighted by Gasteiger charge is -2.25. The molecule has 7 heteroatoms. The Hall–Kier alpha value is -0.560. The van der Waals surface area contributed by atoms with Crippen LogP contribution in [0.3, 0.4) is 0 Å². The number of hydrogen-bond donors (Lipinski definition) is 3. The first-order chi connectivity index (χ1) is 7.98. The second-order valence-corrected chi connectivity index (χ2v) is 6.95. The normalized spacial score (nSPS) is 22.2. The predicted octanol–water partition coefficient (Wildman–Crippen LogP) is 0.724. The van der Waals surface area contributed by atoms with Gasteiger partial charge in [-0.2, -0.15) is 23.5 Å². The number of rotatable bonds is 4. The minimum Gasteiger partial charge on any atom is -0.409 e. The second-order valence-electron chi connectivity index (χ2n) is 4.39. The van der Waals surface area contributed by atoms with Gasteiger partial charge in [-0.25, -0.2) is 0 Å². The molecule has 17 heavy (non-hydrogen) atoms. The zero-order valence-electron chi connectivity index (χ0n) is 10.1. The summed E-state index contributed by atoms with van der Waals surface area (Å²) < 4.78 is 0. The Balaban J connectivity index is 2.43. The van der Waals surface area contributed by atoms with E-state index in [1.807, 2.05) is 23.5 Å². The van der Waals surface area contributed by atoms with Crippen molar-refractivity contribution in [3.8, 4) is 0 Å². The molecule has 1 fully saturated rings. The average Bonchev–Trinajstić information content (AvgIpc) is 2.35. The first kappa shape index (κ1) is 14.5. The first-order valence-corrected chi connectivity index (χ1v) is 7.64. The molecule has 0 spiro atoms. The molecule has 1 aliphatic heterocycles. The van der Waals surface area contributed by atoms with Crippen molar-refractivity contribution in [1.29, 1.82) is 0 Å². The van der Waals surface area contributed by atoms with Gasteiger partial charge < -0.3 is 16.3 Å². The van der Waals surface area contributed by atoms with Gasteiger partial charge in [0.2, 0.25) is 5.91 Å². The Kier molecular flexibility index (Phi) is 5.45. The number of nitrogens with two attached hydrogens (primary N) is 1. The molecule has 1 amide bonds. The molecule has 0 aromatic carbocycles. The van der Waals surface area contributed by atoms with Crippen molar-refractivity contribution in [2.24, 2.45) is 16.3 Å². The molecule has 0 radical (unpaired) electrons. The Morgan fingerprint density at radius 3 is 2.82 bits per heavy atom. The smallest absolute Gasteiger partial charge is 0.233 e. The van der Waals surface area contributed by atoms with Crippen molar-refractivity contribution in [3.63, 3.8) is 0 Å². The predicted molar refractivity (Wildman–Crippen MR) is 73.8 cm³/mol. The quantitative estimate of drug-likeness (QED) is 0.305. The van der Waals surface area contributed by atoms with Gasteiger partial charge in [-0.05, 0) is 13.8 Å². The maximum atomic E-state index is 11.9. The molecular weight excluding hydrogens is 258 g/mol. The summed E-state index contributed by atoms with van der Waals surface area (Å²) in [4.78, 5) is 11.9. The molecule has 1 aliphatic rings. The average molecular weight is 277 g/mol. The van der Waals surface area contributed by atoms with E-state index >= 15 is 0 Å². The van der Waals surface area contributed by atoms with Gasteiger partial charge in [0.15, 0.2) is 5.84 Å². The van der Waals surface area contributed by atoms with Crippen LogP contribution in [0.25, 0.3) is 0 Å². The number of amides is 1. The third-order valence-corrected chi connectivity index (χ3v) is 5.54. The van der Waals surface area contributed by atoms with Crippen LogP contribution in [0.1, 0.15) is 13.8 Å². The topological polar surface area (TPSA) is 87.7 Å². The van der Waals surface area contributed by atoms with E-state index < -0.39 is 5.41 Å². The summed E-state index contributed by atoms with van der Waals surface area (Å²) in [7, 11) is 0. The first-order valence-electron chi connectivity index (χ1n) is 5.44. The fraction of sp³-hybridized carbons (Fsp3) is 0.800. The van der Waals surface area contributed by atoms with Gasteiger partial charge in [0.1, 0.15) is 5.41 Å². The Bertz CT molecular complexity index is 302. The van der Waals surface area contributed by atoms with Crippen LogP contribution < -0.4 is 11.1 Å². The van der Waals surface area contributed by atoms with Gasteiger partial charge in [0, 0.05) is 29.1 Å². The summed E-state index contributed by atoms with van der Waals surface area (Å²) in [6, 6.07) is 0. The number of carbonyl (C=O) groups is 1. The Morgan fingerprint density at radius 1 is 1.59 bits per heavy atom. The van der Waals surface area contributed by atoms with Crippen LogP contribution in [0, 0.1) is 5.41 Å². The summed E-state index contributed by atoms with van der Waals surface area (Å²) >= 11 is 3.80. The van der Waals surface area contributed by atoms with E-state index in [9.17, 15) is 4.79 Å². The van der Waals surface area contributed by atoms with Crippen LogP contribution in [-0.4, -0.2) is 46.0 Å². The lowest BCUT2D eigenvalue weighted by molar-refractivity contribution is -0.126. The van der Waals surface area contributed by atoms with E-state index in [1.54, 1.807) is 13.8 Å². The Morgan fingerprint density at radius 2 is 2.29 bits per heavy atom. The summed E-state index contributed by atoms with van der Waals surface area (Å²) in [5, 5.41) is 14.8. The molecule has 1 rings (SSSR count). The zero-order chi connectivity index (χ0) is 12.9. The molecule has 0 aromatic rings. The van der Waals surface area contributed by atoms with Gasteiger partial charge in [-0.3, -0.25) is 4.79 Å². The molecule has 0 aliphatic carbocycles. The highest BCUT2D eigenvalue weighted by Crippen LogP contribution is 2.23. The SMILES string of the molecule is CC(C)(C(=O)NCC1CSCCS1)C(N)=NO. The van der Waals surface area contributed by atoms with Gasteiger partial charge in [-0.15, -0.1) is 0 Å². The number of thioether (sulfide) groups is 2. The maximum Gasteiger partial charge on any atom is 0.233 e. The van der Waals surface area contributed by atoms with Crippen LogP contribution in [0.4, 0.5) is 0 Å². The van der Waals surface area contributed by atoms with Crippen LogP contribution >= 0.6 is 23.5 Å². The van der Waals surface area contributed by atoms with Gasteiger partial charge in [-0.1, -0.05) is 5.16 Å². The fourth-order valence-corrected chi connectivity index (χ4v) is 3.94. The monoisotopic (exact) mass is 277 g/mol. The minimum absolute atomic E-state index is 0.0688. The summed E-state index contributed by atoms with van der Waals surface area (Å²) in [6.45, 7) is 3.92. The van der Waals surface area contributed by atoms with E-state index in [-0.39, 0.29) is 11.7 Å². The fourth-order valence-electron chi connectivity index (χ4n) is 1.32. The molecule has 0 bridgehead atoms. The van der Waals surface area contributed by atoms with Crippen molar-refractivity contribution in [2.45, 2.75) is 19.1 Å². The zero-order valence-corrected chi connectivity index (χ0v) is 11.7. The van der Waals surface area contributed by atoms with Crippen molar-refractivity contribution in [1.82, 2.24) is 5.32 Å². The number of oxime groups is 1. The largest absolute Gasteiger partial charge is 0.409 e. The molecule has 98 valence electrons. The number of amidine groups is 1. The molecule has 1 unspecified atom stereocenters. The molecule has 1 saturated heterocycles. The van der Waals surface area contributed by atoms with E-state index in [1.165, 1.54) is 5.75 Å². The third kappa shape index (κ3) is 3.99. The summed E-state index contributed by atoms with van der Waals surface area (Å²) in [5.74, 6) is 3.11. The summed E-state index contributed by atoms with van der Waals surface area (Å²) in [6.07, 6.45) is 0. The second kappa shape index (κ2) is 6.39. The van der Waals surface area contributed by atoms with E-state index in [2.05, 4.69) is 10.5 Å². The van der Waals surface area contributed by atoms with Crippen molar-refractivity contribution in [3.05, 3.63) is 0 Å². The highest BCUT2D eigenvalue weighted by Gasteiger charge is 2.33. The van der Waals surface area contributed by atoms with Gasteiger partial charge in [0.25, 0.3) is 0 Å². The standard InChI is InChI=1S/C10H19N3O2S2/c1-10(2,8(11)13-15)9(14)12-5-7-6-16-3-4-17-7/h7,15H,3-6H2,1-2H3,(H2,11,13)(H,12,14). The Labute approximate surface area is 110 Å². The van der Waals surface area contributed by atoms with Gasteiger partial charge >= 0.3 is 0 Å². The van der Waals surface area contributed by atoms with Crippen LogP contribution in [0.2, 0.25) is 0 Å². The summed E-state index contributed by atoms with van der Waals surface area (Å²) in [5.41, 5.74) is 4.52. The number of nitrogens with zero attached hydrogens (tertiary/aromatic N) is 1. The van der Waals surface area contributed by atoms with Crippen LogP contribution in [-0.2, 0) is 4.79 Å². The minimum atomic E-state index is -0.971. The van der Waals surface area contributed by atoms with Crippen molar-refractivity contribution >= 4 is 35.3 Å². The van der Waals surface area contributed by atoms with Crippen LogP contribution in [0.15, 0.2) is 5.16 Å². The molecule has 5 nitrogen and oxygen atoms in total. The molecule has 1 atom stereocenters. The third-order valence-electron chi connectivity index (χ3n) is 2.69. The molecule has 4 N–H and O–H groups in total. The highest BCUT2D eigenvalue weighted by atomic mass is 32.2. The van der Waals surface area contributed by atoms with Crippen molar-refractivity contribution in [2.75, 3.05) is 23.8 Å². The lowest BCUT2D eigenvalue weighted by atomic mass is 9.91.